The minimum absolute atomic E-state index is 0.0402. The average molecular weight is 258 g/mol. The Morgan fingerprint density at radius 2 is 1.95 bits per heavy atom. The van der Waals surface area contributed by atoms with Gasteiger partial charge in [-0.05, 0) is 25.2 Å². The first-order valence-electron chi connectivity index (χ1n) is 6.76. The van der Waals surface area contributed by atoms with Gasteiger partial charge in [-0.3, -0.25) is 0 Å². The highest BCUT2D eigenvalue weighted by Crippen LogP contribution is 2.53. The van der Waals surface area contributed by atoms with Crippen LogP contribution in [0.15, 0.2) is 36.5 Å². The van der Waals surface area contributed by atoms with E-state index in [4.69, 9.17) is 4.74 Å². The number of hydrogen-bond acceptors (Lipinski definition) is 3. The van der Waals surface area contributed by atoms with Crippen molar-refractivity contribution >= 4 is 12.3 Å². The number of rotatable bonds is 1. The van der Waals surface area contributed by atoms with Crippen LogP contribution in [0.2, 0.25) is 0 Å². The molecule has 5 atom stereocenters. The van der Waals surface area contributed by atoms with E-state index in [1.807, 2.05) is 0 Å². The van der Waals surface area contributed by atoms with Crippen LogP contribution < -0.4 is 0 Å². The quantitative estimate of drug-likeness (QED) is 0.314. The fraction of sp³-hybridized carbons (Fsp3) is 0.500. The first kappa shape index (κ1) is 12.4. The van der Waals surface area contributed by atoms with Crippen LogP contribution in [0, 0.1) is 23.7 Å². The zero-order valence-corrected chi connectivity index (χ0v) is 10.9. The van der Waals surface area contributed by atoms with Gasteiger partial charge in [0.2, 0.25) is 0 Å². The minimum atomic E-state index is -0.288. The van der Waals surface area contributed by atoms with Crippen LogP contribution in [0.5, 0.6) is 0 Å². The summed E-state index contributed by atoms with van der Waals surface area (Å²) in [4.78, 5) is 22.9. The highest BCUT2D eigenvalue weighted by Gasteiger charge is 2.52. The SMILES string of the molecule is C=C1[C@@H]2[C@H]3OC(=O)C(=C)[C@@H]3CCC(=C)[C@@H]2C[C@@H]1C=O. The number of carbonyl (C=O) groups excluding carboxylic acids is 2. The summed E-state index contributed by atoms with van der Waals surface area (Å²) in [6, 6.07) is 0. The van der Waals surface area contributed by atoms with E-state index in [1.165, 1.54) is 0 Å². The Morgan fingerprint density at radius 3 is 2.63 bits per heavy atom. The van der Waals surface area contributed by atoms with E-state index in [0.717, 1.165) is 36.7 Å². The Morgan fingerprint density at radius 1 is 1.21 bits per heavy atom. The Labute approximate surface area is 113 Å². The molecule has 0 N–H and O–H groups in total. The Balaban J connectivity index is 2.01. The van der Waals surface area contributed by atoms with Gasteiger partial charge in [0.1, 0.15) is 12.4 Å². The highest BCUT2D eigenvalue weighted by molar-refractivity contribution is 5.91. The summed E-state index contributed by atoms with van der Waals surface area (Å²) in [5, 5.41) is 0. The molecule has 1 aliphatic heterocycles. The monoisotopic (exact) mass is 258 g/mol. The summed E-state index contributed by atoms with van der Waals surface area (Å²) in [7, 11) is 0. The molecule has 3 rings (SSSR count). The number of esters is 1. The number of aldehydes is 1. The topological polar surface area (TPSA) is 43.4 Å². The van der Waals surface area contributed by atoms with Crippen molar-refractivity contribution in [2.24, 2.45) is 23.7 Å². The third-order valence-electron chi connectivity index (χ3n) is 5.01. The zero-order valence-electron chi connectivity index (χ0n) is 10.9. The van der Waals surface area contributed by atoms with Gasteiger partial charge in [0.25, 0.3) is 0 Å². The van der Waals surface area contributed by atoms with E-state index in [2.05, 4.69) is 19.7 Å². The number of hydrogen-bond donors (Lipinski definition) is 0. The van der Waals surface area contributed by atoms with Crippen molar-refractivity contribution in [3.63, 3.8) is 0 Å². The fourth-order valence-corrected chi connectivity index (χ4v) is 3.90. The molecule has 19 heavy (non-hydrogen) atoms. The van der Waals surface area contributed by atoms with Gasteiger partial charge in [0.15, 0.2) is 0 Å². The largest absolute Gasteiger partial charge is 0.458 e. The van der Waals surface area contributed by atoms with E-state index in [1.54, 1.807) is 0 Å². The van der Waals surface area contributed by atoms with Gasteiger partial charge in [-0.1, -0.05) is 30.9 Å². The Bertz CT molecular complexity index is 502. The van der Waals surface area contributed by atoms with Crippen LogP contribution in [0.25, 0.3) is 0 Å². The molecule has 0 bridgehead atoms. The van der Waals surface area contributed by atoms with Gasteiger partial charge in [-0.25, -0.2) is 4.79 Å². The lowest BCUT2D eigenvalue weighted by molar-refractivity contribution is -0.141. The summed E-state index contributed by atoms with van der Waals surface area (Å²) in [5.41, 5.74) is 2.63. The summed E-state index contributed by atoms with van der Waals surface area (Å²) in [6.45, 7) is 12.1. The maximum atomic E-state index is 11.7. The normalized spacial score (nSPS) is 41.6. The van der Waals surface area contributed by atoms with Crippen LogP contribution in [0.3, 0.4) is 0 Å². The van der Waals surface area contributed by atoms with Crippen molar-refractivity contribution in [3.8, 4) is 0 Å². The molecular formula is C16H18O3. The third-order valence-corrected chi connectivity index (χ3v) is 5.01. The van der Waals surface area contributed by atoms with E-state index < -0.39 is 0 Å². The van der Waals surface area contributed by atoms with Crippen molar-refractivity contribution in [2.45, 2.75) is 25.4 Å². The van der Waals surface area contributed by atoms with E-state index in [-0.39, 0.29) is 35.7 Å². The van der Waals surface area contributed by atoms with Gasteiger partial charge in [-0.15, -0.1) is 0 Å². The predicted octanol–water partition coefficient (Wildman–Crippen LogP) is 2.44. The number of allylic oxidation sites excluding steroid dienone is 1. The smallest absolute Gasteiger partial charge is 0.334 e. The Kier molecular flexibility index (Phi) is 2.73. The molecular weight excluding hydrogens is 240 g/mol. The van der Waals surface area contributed by atoms with Crippen molar-refractivity contribution in [1.29, 1.82) is 0 Å². The van der Waals surface area contributed by atoms with Crippen LogP contribution in [0.4, 0.5) is 0 Å². The minimum Gasteiger partial charge on any atom is -0.458 e. The van der Waals surface area contributed by atoms with Gasteiger partial charge in [0.05, 0.1) is 0 Å². The molecule has 0 aromatic rings. The number of ether oxygens (including phenoxy) is 1. The molecule has 3 fully saturated rings. The molecule has 3 heteroatoms. The predicted molar refractivity (Wildman–Crippen MR) is 71.2 cm³/mol. The lowest BCUT2D eigenvalue weighted by Gasteiger charge is -2.26. The summed E-state index contributed by atoms with van der Waals surface area (Å²) in [5.74, 6) is -0.0992. The van der Waals surface area contributed by atoms with Crippen molar-refractivity contribution in [3.05, 3.63) is 36.5 Å². The summed E-state index contributed by atoms with van der Waals surface area (Å²) < 4.78 is 5.53. The summed E-state index contributed by atoms with van der Waals surface area (Å²) in [6.07, 6.45) is 3.27. The molecule has 2 aliphatic carbocycles. The molecule has 0 spiro atoms. The lowest BCUT2D eigenvalue weighted by atomic mass is 9.81. The maximum Gasteiger partial charge on any atom is 0.334 e. The molecule has 1 heterocycles. The zero-order chi connectivity index (χ0) is 13.7. The molecule has 100 valence electrons. The van der Waals surface area contributed by atoms with E-state index in [0.29, 0.717) is 5.57 Å². The maximum absolute atomic E-state index is 11.7. The average Bonchev–Trinajstić information content (AvgIpc) is 2.81. The van der Waals surface area contributed by atoms with Crippen molar-refractivity contribution < 1.29 is 14.3 Å². The third kappa shape index (κ3) is 1.64. The standard InChI is InChI=1S/C16H18O3/c1-8-4-5-12-10(3)16(18)19-15(12)14-9(2)11(7-17)6-13(8)14/h7,11-15H,1-6H2/t11-,12+,13+,14+,15+/m1/s1. The molecule has 3 aliphatic rings. The van der Waals surface area contributed by atoms with E-state index in [9.17, 15) is 9.59 Å². The fourth-order valence-electron chi connectivity index (χ4n) is 3.90. The molecule has 0 radical (unpaired) electrons. The van der Waals surface area contributed by atoms with Crippen molar-refractivity contribution in [1.82, 2.24) is 0 Å². The van der Waals surface area contributed by atoms with Crippen molar-refractivity contribution in [2.75, 3.05) is 0 Å². The van der Waals surface area contributed by atoms with Crippen LogP contribution in [-0.4, -0.2) is 18.4 Å². The first-order chi connectivity index (χ1) is 9.04. The summed E-state index contributed by atoms with van der Waals surface area (Å²) >= 11 is 0. The molecule has 0 aromatic heterocycles. The molecule has 2 saturated carbocycles. The molecule has 1 saturated heterocycles. The highest BCUT2D eigenvalue weighted by atomic mass is 16.6. The van der Waals surface area contributed by atoms with Crippen LogP contribution >= 0.6 is 0 Å². The van der Waals surface area contributed by atoms with Gasteiger partial charge in [0, 0.05) is 23.3 Å². The first-order valence-corrected chi connectivity index (χ1v) is 6.76. The second kappa shape index (κ2) is 4.19. The second-order valence-electron chi connectivity index (χ2n) is 5.88. The second-order valence-corrected chi connectivity index (χ2v) is 5.88. The van der Waals surface area contributed by atoms with E-state index >= 15 is 0 Å². The lowest BCUT2D eigenvalue weighted by Crippen LogP contribution is -2.29. The number of carbonyl (C=O) groups is 2. The van der Waals surface area contributed by atoms with Gasteiger partial charge >= 0.3 is 5.97 Å². The molecule has 0 aromatic carbocycles. The van der Waals surface area contributed by atoms with Gasteiger partial charge in [-0.2, -0.15) is 0 Å². The van der Waals surface area contributed by atoms with Crippen LogP contribution in [0.1, 0.15) is 19.3 Å². The molecule has 0 unspecified atom stereocenters. The Hall–Kier alpha value is -1.64. The molecule has 0 amide bonds. The van der Waals surface area contributed by atoms with Gasteiger partial charge < -0.3 is 9.53 Å². The molecule has 3 nitrogen and oxygen atoms in total. The number of fused-ring (bicyclic) bond motifs is 3. The van der Waals surface area contributed by atoms with Crippen LogP contribution in [-0.2, 0) is 14.3 Å².